The van der Waals surface area contributed by atoms with Crippen molar-refractivity contribution < 1.29 is 4.79 Å². The van der Waals surface area contributed by atoms with Crippen LogP contribution in [-0.2, 0) is 6.42 Å². The van der Waals surface area contributed by atoms with Crippen LogP contribution in [0.4, 0.5) is 5.69 Å². The van der Waals surface area contributed by atoms with Crippen LogP contribution in [0.25, 0.3) is 0 Å². The highest BCUT2D eigenvalue weighted by Gasteiger charge is 2.09. The molecule has 104 valence electrons. The lowest BCUT2D eigenvalue weighted by Gasteiger charge is -2.09. The fraction of sp³-hybridized carbons (Fsp3) is 0.188. The van der Waals surface area contributed by atoms with Gasteiger partial charge >= 0.3 is 0 Å². The lowest BCUT2D eigenvalue weighted by atomic mass is 10.1. The maximum Gasteiger partial charge on any atom is 0.252 e. The topological polar surface area (TPSA) is 55.1 Å². The number of anilines is 1. The highest BCUT2D eigenvalue weighted by Crippen LogP contribution is 2.18. The molecule has 2 aromatic rings. The van der Waals surface area contributed by atoms with Gasteiger partial charge in [-0.15, -0.1) is 0 Å². The number of nitrogens with two attached hydrogens (primary N) is 1. The maximum atomic E-state index is 12.0. The molecule has 3 nitrogen and oxygen atoms in total. The van der Waals surface area contributed by atoms with Gasteiger partial charge in [0.05, 0.1) is 10.6 Å². The number of amides is 1. The largest absolute Gasteiger partial charge is 0.399 e. The third-order valence-electron chi connectivity index (χ3n) is 3.18. The van der Waals surface area contributed by atoms with Crippen molar-refractivity contribution >= 4 is 23.2 Å². The van der Waals surface area contributed by atoms with Gasteiger partial charge in [0.15, 0.2) is 0 Å². The Morgan fingerprint density at radius 1 is 1.25 bits per heavy atom. The van der Waals surface area contributed by atoms with Crippen LogP contribution in [0.2, 0.25) is 5.02 Å². The standard InChI is InChI=1S/C16H17ClN2O/c1-11-4-2-3-5-12(11)8-9-19-16(20)14-7-6-13(18)10-15(14)17/h2-7,10H,8-9,18H2,1H3,(H,19,20). The fourth-order valence-electron chi connectivity index (χ4n) is 2.01. The zero-order chi connectivity index (χ0) is 14.5. The van der Waals surface area contributed by atoms with E-state index in [0.29, 0.717) is 22.8 Å². The number of halogens is 1. The molecular formula is C16H17ClN2O. The van der Waals surface area contributed by atoms with Gasteiger partial charge in [0, 0.05) is 12.2 Å². The number of nitrogens with one attached hydrogen (secondary N) is 1. The molecule has 1 amide bonds. The van der Waals surface area contributed by atoms with E-state index in [-0.39, 0.29) is 5.91 Å². The highest BCUT2D eigenvalue weighted by atomic mass is 35.5. The lowest BCUT2D eigenvalue weighted by molar-refractivity contribution is 0.0954. The summed E-state index contributed by atoms with van der Waals surface area (Å²) in [6.45, 7) is 2.64. The van der Waals surface area contributed by atoms with Crippen LogP contribution in [0.1, 0.15) is 21.5 Å². The lowest BCUT2D eigenvalue weighted by Crippen LogP contribution is -2.26. The number of carbonyl (C=O) groups is 1. The van der Waals surface area contributed by atoms with Crippen molar-refractivity contribution in [2.45, 2.75) is 13.3 Å². The molecule has 3 N–H and O–H groups in total. The van der Waals surface area contributed by atoms with Gasteiger partial charge in [-0.3, -0.25) is 4.79 Å². The van der Waals surface area contributed by atoms with Crippen LogP contribution in [0, 0.1) is 6.92 Å². The molecule has 20 heavy (non-hydrogen) atoms. The summed E-state index contributed by atoms with van der Waals surface area (Å²) in [6, 6.07) is 13.0. The summed E-state index contributed by atoms with van der Waals surface area (Å²) in [4.78, 5) is 12.0. The molecule has 0 saturated heterocycles. The molecule has 0 heterocycles. The van der Waals surface area contributed by atoms with Crippen LogP contribution in [-0.4, -0.2) is 12.5 Å². The Kier molecular flexibility index (Phi) is 4.64. The Balaban J connectivity index is 1.94. The molecule has 4 heteroatoms. The van der Waals surface area contributed by atoms with E-state index < -0.39 is 0 Å². The quantitative estimate of drug-likeness (QED) is 0.849. The van der Waals surface area contributed by atoms with Crippen molar-refractivity contribution in [3.63, 3.8) is 0 Å². The first kappa shape index (κ1) is 14.4. The van der Waals surface area contributed by atoms with Gasteiger partial charge in [-0.2, -0.15) is 0 Å². The summed E-state index contributed by atoms with van der Waals surface area (Å²) in [7, 11) is 0. The molecule has 0 aliphatic rings. The number of aryl methyl sites for hydroxylation is 1. The summed E-state index contributed by atoms with van der Waals surface area (Å²) in [5.74, 6) is -0.177. The molecule has 0 aromatic heterocycles. The molecule has 0 aliphatic carbocycles. The van der Waals surface area contributed by atoms with Gasteiger partial charge in [0.25, 0.3) is 5.91 Å². The Morgan fingerprint density at radius 2 is 2.00 bits per heavy atom. The Bertz CT molecular complexity index is 626. The Morgan fingerprint density at radius 3 is 2.70 bits per heavy atom. The van der Waals surface area contributed by atoms with Crippen LogP contribution in [0.3, 0.4) is 0 Å². The molecule has 0 aliphatic heterocycles. The van der Waals surface area contributed by atoms with Crippen molar-refractivity contribution in [3.05, 3.63) is 64.2 Å². The number of carbonyl (C=O) groups excluding carboxylic acids is 1. The zero-order valence-corrected chi connectivity index (χ0v) is 12.1. The number of hydrogen-bond acceptors (Lipinski definition) is 2. The van der Waals surface area contributed by atoms with Crippen LogP contribution in [0.15, 0.2) is 42.5 Å². The van der Waals surface area contributed by atoms with Gasteiger partial charge in [-0.1, -0.05) is 35.9 Å². The average Bonchev–Trinajstić information content (AvgIpc) is 2.40. The second kappa shape index (κ2) is 6.44. The summed E-state index contributed by atoms with van der Waals surface area (Å²) in [6.07, 6.45) is 0.797. The number of hydrogen-bond donors (Lipinski definition) is 2. The SMILES string of the molecule is Cc1ccccc1CCNC(=O)c1ccc(N)cc1Cl. The number of rotatable bonds is 4. The first-order valence-corrected chi connectivity index (χ1v) is 6.83. The van der Waals surface area contributed by atoms with Crippen molar-refractivity contribution in [1.82, 2.24) is 5.32 Å². The minimum Gasteiger partial charge on any atom is -0.399 e. The van der Waals surface area contributed by atoms with Crippen LogP contribution < -0.4 is 11.1 Å². The number of benzene rings is 2. The van der Waals surface area contributed by atoms with E-state index in [9.17, 15) is 4.79 Å². The van der Waals surface area contributed by atoms with Gasteiger partial charge in [-0.25, -0.2) is 0 Å². The van der Waals surface area contributed by atoms with Gasteiger partial charge in [-0.05, 0) is 42.7 Å². The van der Waals surface area contributed by atoms with Crippen molar-refractivity contribution in [2.75, 3.05) is 12.3 Å². The molecule has 0 bridgehead atoms. The average molecular weight is 289 g/mol. The number of nitrogen functional groups attached to an aromatic ring is 1. The molecule has 2 rings (SSSR count). The predicted octanol–water partition coefficient (Wildman–Crippen LogP) is 3.20. The molecule has 0 radical (unpaired) electrons. The van der Waals surface area contributed by atoms with E-state index in [0.717, 1.165) is 6.42 Å². The molecular weight excluding hydrogens is 272 g/mol. The Labute approximate surface area is 123 Å². The second-order valence-electron chi connectivity index (χ2n) is 4.67. The predicted molar refractivity (Wildman–Crippen MR) is 83.1 cm³/mol. The van der Waals surface area contributed by atoms with E-state index in [2.05, 4.69) is 24.4 Å². The van der Waals surface area contributed by atoms with E-state index in [4.69, 9.17) is 17.3 Å². The minimum absolute atomic E-state index is 0.177. The van der Waals surface area contributed by atoms with Crippen LogP contribution in [0.5, 0.6) is 0 Å². The van der Waals surface area contributed by atoms with E-state index in [1.54, 1.807) is 18.2 Å². The van der Waals surface area contributed by atoms with Crippen molar-refractivity contribution in [2.24, 2.45) is 0 Å². The second-order valence-corrected chi connectivity index (χ2v) is 5.08. The van der Waals surface area contributed by atoms with Crippen molar-refractivity contribution in [3.8, 4) is 0 Å². The third-order valence-corrected chi connectivity index (χ3v) is 3.49. The van der Waals surface area contributed by atoms with E-state index >= 15 is 0 Å². The van der Waals surface area contributed by atoms with Gasteiger partial charge < -0.3 is 11.1 Å². The molecule has 0 atom stereocenters. The summed E-state index contributed by atoms with van der Waals surface area (Å²) in [5.41, 5.74) is 9.06. The highest BCUT2D eigenvalue weighted by molar-refractivity contribution is 6.34. The van der Waals surface area contributed by atoms with Gasteiger partial charge in [0.2, 0.25) is 0 Å². The normalized spacial score (nSPS) is 10.3. The summed E-state index contributed by atoms with van der Waals surface area (Å²) < 4.78 is 0. The fourth-order valence-corrected chi connectivity index (χ4v) is 2.29. The minimum atomic E-state index is -0.177. The van der Waals surface area contributed by atoms with Crippen LogP contribution >= 0.6 is 11.6 Å². The Hall–Kier alpha value is -2.00. The molecule has 0 unspecified atom stereocenters. The molecule has 0 spiro atoms. The first-order chi connectivity index (χ1) is 9.58. The van der Waals surface area contributed by atoms with E-state index in [1.807, 2.05) is 12.1 Å². The maximum absolute atomic E-state index is 12.0. The van der Waals surface area contributed by atoms with Gasteiger partial charge in [0.1, 0.15) is 0 Å². The summed E-state index contributed by atoms with van der Waals surface area (Å²) >= 11 is 6.00. The molecule has 2 aromatic carbocycles. The first-order valence-electron chi connectivity index (χ1n) is 6.45. The monoisotopic (exact) mass is 288 g/mol. The van der Waals surface area contributed by atoms with E-state index in [1.165, 1.54) is 11.1 Å². The summed E-state index contributed by atoms with van der Waals surface area (Å²) in [5, 5.41) is 3.24. The molecule has 0 fully saturated rings. The molecule has 0 saturated carbocycles. The zero-order valence-electron chi connectivity index (χ0n) is 11.3. The van der Waals surface area contributed by atoms with Crippen molar-refractivity contribution in [1.29, 1.82) is 0 Å². The smallest absolute Gasteiger partial charge is 0.252 e. The third kappa shape index (κ3) is 3.52.